The number of aromatic amines is 1. The first-order chi connectivity index (χ1) is 8.80. The lowest BCUT2D eigenvalue weighted by atomic mass is 9.96. The summed E-state index contributed by atoms with van der Waals surface area (Å²) in [6, 6.07) is 0. The van der Waals surface area contributed by atoms with Crippen molar-refractivity contribution >= 4 is 16.0 Å². The van der Waals surface area contributed by atoms with Crippen molar-refractivity contribution in [2.75, 3.05) is 0 Å². The average Bonchev–Trinajstić information content (AvgIpc) is 2.67. The highest BCUT2D eigenvalue weighted by atomic mass is 32.2. The predicted octanol–water partition coefficient (Wildman–Crippen LogP) is 0.890. The van der Waals surface area contributed by atoms with Crippen molar-refractivity contribution in [3.05, 3.63) is 11.4 Å². The molecule has 1 aromatic rings. The SMILES string of the molecule is CC(C)c1[nH]nc(C(=O)OC2CCC2)c1S(N)(=O)=O. The number of primary sulfonamides is 1. The van der Waals surface area contributed by atoms with Crippen molar-refractivity contribution in [2.45, 2.75) is 50.0 Å². The number of hydrogen-bond donors (Lipinski definition) is 2. The monoisotopic (exact) mass is 287 g/mol. The summed E-state index contributed by atoms with van der Waals surface area (Å²) < 4.78 is 28.4. The van der Waals surface area contributed by atoms with E-state index in [4.69, 9.17) is 9.88 Å². The second kappa shape index (κ2) is 4.93. The molecule has 19 heavy (non-hydrogen) atoms. The van der Waals surface area contributed by atoms with Crippen molar-refractivity contribution in [1.82, 2.24) is 10.2 Å². The molecule has 0 radical (unpaired) electrons. The van der Waals surface area contributed by atoms with E-state index in [1.54, 1.807) is 13.8 Å². The number of nitrogens with two attached hydrogens (primary N) is 1. The Kier molecular flexibility index (Phi) is 3.64. The number of ether oxygens (including phenoxy) is 1. The van der Waals surface area contributed by atoms with Gasteiger partial charge in [-0.25, -0.2) is 18.4 Å². The summed E-state index contributed by atoms with van der Waals surface area (Å²) in [5, 5.41) is 11.5. The first-order valence-corrected chi connectivity index (χ1v) is 7.67. The van der Waals surface area contributed by atoms with Gasteiger partial charge in [-0.05, 0) is 25.2 Å². The lowest BCUT2D eigenvalue weighted by Crippen LogP contribution is -2.26. The van der Waals surface area contributed by atoms with Gasteiger partial charge in [0.25, 0.3) is 0 Å². The summed E-state index contributed by atoms with van der Waals surface area (Å²) in [5.41, 5.74) is 0.0705. The molecule has 1 aliphatic carbocycles. The van der Waals surface area contributed by atoms with Crippen molar-refractivity contribution < 1.29 is 17.9 Å². The molecule has 106 valence electrons. The van der Waals surface area contributed by atoms with Gasteiger partial charge < -0.3 is 4.74 Å². The summed E-state index contributed by atoms with van der Waals surface area (Å²) in [6.45, 7) is 3.56. The molecule has 7 nitrogen and oxygen atoms in total. The van der Waals surface area contributed by atoms with E-state index in [0.29, 0.717) is 5.69 Å². The van der Waals surface area contributed by atoms with Crippen LogP contribution < -0.4 is 5.14 Å². The molecule has 1 heterocycles. The standard InChI is InChI=1S/C11H17N3O4S/c1-6(2)8-10(19(12,16)17)9(14-13-8)11(15)18-7-4-3-5-7/h6-7H,3-5H2,1-2H3,(H,13,14)(H2,12,16,17). The van der Waals surface area contributed by atoms with E-state index in [2.05, 4.69) is 10.2 Å². The van der Waals surface area contributed by atoms with Crippen molar-refractivity contribution in [2.24, 2.45) is 5.14 Å². The van der Waals surface area contributed by atoms with Gasteiger partial charge in [-0.2, -0.15) is 5.10 Å². The second-order valence-electron chi connectivity index (χ2n) is 4.97. The molecule has 8 heteroatoms. The molecule has 0 atom stereocenters. The maximum absolute atomic E-state index is 11.9. The first-order valence-electron chi connectivity index (χ1n) is 6.12. The summed E-state index contributed by atoms with van der Waals surface area (Å²) in [4.78, 5) is 11.7. The number of hydrogen-bond acceptors (Lipinski definition) is 5. The molecule has 0 amide bonds. The van der Waals surface area contributed by atoms with Gasteiger partial charge in [-0.3, -0.25) is 5.10 Å². The highest BCUT2D eigenvalue weighted by Crippen LogP contribution is 2.27. The first kappa shape index (κ1) is 14.0. The Labute approximate surface area is 111 Å². The average molecular weight is 287 g/mol. The van der Waals surface area contributed by atoms with Gasteiger partial charge in [0.15, 0.2) is 5.69 Å². The third-order valence-electron chi connectivity index (χ3n) is 3.13. The van der Waals surface area contributed by atoms with Crippen LogP contribution in [0.5, 0.6) is 0 Å². The van der Waals surface area contributed by atoms with Crippen molar-refractivity contribution in [3.8, 4) is 0 Å². The minimum atomic E-state index is -4.03. The number of carbonyl (C=O) groups is 1. The minimum absolute atomic E-state index is 0.139. The number of H-pyrrole nitrogens is 1. The molecular weight excluding hydrogens is 270 g/mol. The van der Waals surface area contributed by atoms with E-state index >= 15 is 0 Å². The molecule has 0 aliphatic heterocycles. The maximum atomic E-state index is 11.9. The number of sulfonamides is 1. The van der Waals surface area contributed by atoms with Crippen LogP contribution in [0.2, 0.25) is 0 Å². The van der Waals surface area contributed by atoms with E-state index in [1.807, 2.05) is 0 Å². The number of aromatic nitrogens is 2. The van der Waals surface area contributed by atoms with Crippen LogP contribution >= 0.6 is 0 Å². The molecule has 0 aromatic carbocycles. The van der Waals surface area contributed by atoms with Crippen LogP contribution in [-0.2, 0) is 14.8 Å². The van der Waals surface area contributed by atoms with Crippen LogP contribution in [0.1, 0.15) is 55.2 Å². The topological polar surface area (TPSA) is 115 Å². The van der Waals surface area contributed by atoms with Crippen molar-refractivity contribution in [3.63, 3.8) is 0 Å². The van der Waals surface area contributed by atoms with Crippen molar-refractivity contribution in [1.29, 1.82) is 0 Å². The van der Waals surface area contributed by atoms with Crippen LogP contribution in [0.25, 0.3) is 0 Å². The largest absolute Gasteiger partial charge is 0.458 e. The van der Waals surface area contributed by atoms with E-state index in [1.165, 1.54) is 0 Å². The fourth-order valence-corrected chi connectivity index (χ4v) is 2.85. The predicted molar refractivity (Wildman–Crippen MR) is 67.1 cm³/mol. The molecule has 1 saturated carbocycles. The summed E-state index contributed by atoms with van der Waals surface area (Å²) in [6.07, 6.45) is 2.48. The van der Waals surface area contributed by atoms with Gasteiger partial charge in [0, 0.05) is 0 Å². The molecular formula is C11H17N3O4S. The quantitative estimate of drug-likeness (QED) is 0.798. The molecule has 2 rings (SSSR count). The second-order valence-corrected chi connectivity index (χ2v) is 6.47. The lowest BCUT2D eigenvalue weighted by Gasteiger charge is -2.24. The van der Waals surface area contributed by atoms with Crippen LogP contribution in [0.15, 0.2) is 4.90 Å². The number of carbonyl (C=O) groups excluding carboxylic acids is 1. The third kappa shape index (κ3) is 2.79. The van der Waals surface area contributed by atoms with E-state index in [0.717, 1.165) is 19.3 Å². The van der Waals surface area contributed by atoms with E-state index in [9.17, 15) is 13.2 Å². The molecule has 1 aromatic heterocycles. The third-order valence-corrected chi connectivity index (χ3v) is 4.11. The highest BCUT2D eigenvalue weighted by Gasteiger charge is 2.32. The number of rotatable bonds is 4. The fourth-order valence-electron chi connectivity index (χ4n) is 1.86. The molecule has 1 aliphatic rings. The zero-order valence-corrected chi connectivity index (χ0v) is 11.7. The Morgan fingerprint density at radius 3 is 2.53 bits per heavy atom. The normalized spacial score (nSPS) is 16.4. The van der Waals surface area contributed by atoms with Gasteiger partial charge in [0.2, 0.25) is 10.0 Å². The molecule has 1 fully saturated rings. The minimum Gasteiger partial charge on any atom is -0.458 e. The highest BCUT2D eigenvalue weighted by molar-refractivity contribution is 7.89. The lowest BCUT2D eigenvalue weighted by molar-refractivity contribution is 0.00794. The Hall–Kier alpha value is -1.41. The van der Waals surface area contributed by atoms with E-state index < -0.39 is 16.0 Å². The zero-order chi connectivity index (χ0) is 14.2. The maximum Gasteiger partial charge on any atom is 0.360 e. The zero-order valence-electron chi connectivity index (χ0n) is 10.8. The van der Waals surface area contributed by atoms with E-state index in [-0.39, 0.29) is 22.6 Å². The fraction of sp³-hybridized carbons (Fsp3) is 0.636. The number of esters is 1. The van der Waals surface area contributed by atoms with Gasteiger partial charge >= 0.3 is 5.97 Å². The summed E-state index contributed by atoms with van der Waals surface area (Å²) >= 11 is 0. The Morgan fingerprint density at radius 2 is 2.11 bits per heavy atom. The van der Waals surface area contributed by atoms with Gasteiger partial charge in [-0.15, -0.1) is 0 Å². The Bertz CT molecular complexity index is 587. The van der Waals surface area contributed by atoms with Gasteiger partial charge in [0.1, 0.15) is 11.0 Å². The Morgan fingerprint density at radius 1 is 1.47 bits per heavy atom. The molecule has 0 bridgehead atoms. The van der Waals surface area contributed by atoms with Gasteiger partial charge in [-0.1, -0.05) is 13.8 Å². The Balaban J connectivity index is 2.37. The molecule has 0 saturated heterocycles. The molecule has 3 N–H and O–H groups in total. The molecule has 0 unspecified atom stereocenters. The van der Waals surface area contributed by atoms with Crippen LogP contribution in [0.4, 0.5) is 0 Å². The smallest absolute Gasteiger partial charge is 0.360 e. The molecule has 0 spiro atoms. The van der Waals surface area contributed by atoms with Crippen LogP contribution in [0.3, 0.4) is 0 Å². The van der Waals surface area contributed by atoms with Crippen LogP contribution in [-0.4, -0.2) is 30.7 Å². The number of nitrogens with one attached hydrogen (secondary N) is 1. The summed E-state index contributed by atoms with van der Waals surface area (Å²) in [5.74, 6) is -0.886. The van der Waals surface area contributed by atoms with Crippen LogP contribution in [0, 0.1) is 0 Å². The number of nitrogens with zero attached hydrogens (tertiary/aromatic N) is 1. The summed E-state index contributed by atoms with van der Waals surface area (Å²) in [7, 11) is -4.03. The van der Waals surface area contributed by atoms with Gasteiger partial charge in [0.05, 0.1) is 5.69 Å².